The van der Waals surface area contributed by atoms with Crippen LogP contribution in [0.1, 0.15) is 24.3 Å². The Morgan fingerprint density at radius 2 is 2.15 bits per heavy atom. The van der Waals surface area contributed by atoms with Gasteiger partial charge in [0.25, 0.3) is 0 Å². The van der Waals surface area contributed by atoms with Crippen molar-refractivity contribution < 1.29 is 9.13 Å². The van der Waals surface area contributed by atoms with Crippen molar-refractivity contribution >= 4 is 0 Å². The number of halogens is 1. The van der Waals surface area contributed by atoms with E-state index in [4.69, 9.17) is 10.5 Å². The van der Waals surface area contributed by atoms with Crippen molar-refractivity contribution in [3.05, 3.63) is 29.6 Å². The summed E-state index contributed by atoms with van der Waals surface area (Å²) in [4.78, 5) is 2.51. The lowest BCUT2D eigenvalue weighted by Gasteiger charge is -2.47. The van der Waals surface area contributed by atoms with E-state index in [0.717, 1.165) is 23.8 Å². The maximum Gasteiger partial charge on any atom is 0.123 e. The molecule has 3 saturated heterocycles. The molecular formula is C16H23FN2O. The van der Waals surface area contributed by atoms with E-state index in [1.807, 2.05) is 0 Å². The zero-order valence-electron chi connectivity index (χ0n) is 12.0. The highest BCUT2D eigenvalue weighted by atomic mass is 19.1. The molecule has 1 aromatic rings. The second kappa shape index (κ2) is 5.70. The Hall–Kier alpha value is -1.13. The van der Waals surface area contributed by atoms with Gasteiger partial charge in [0.1, 0.15) is 11.6 Å². The number of ether oxygens (including phenoxy) is 1. The van der Waals surface area contributed by atoms with Crippen molar-refractivity contribution in [2.24, 2.45) is 17.6 Å². The molecule has 20 heavy (non-hydrogen) atoms. The molecule has 0 spiro atoms. The molecule has 110 valence electrons. The second-order valence-corrected chi connectivity index (χ2v) is 6.03. The van der Waals surface area contributed by atoms with E-state index in [2.05, 4.69) is 4.90 Å². The fourth-order valence-electron chi connectivity index (χ4n) is 3.99. The van der Waals surface area contributed by atoms with Crippen LogP contribution in [0.25, 0.3) is 0 Å². The highest BCUT2D eigenvalue weighted by Crippen LogP contribution is 2.42. The van der Waals surface area contributed by atoms with Crippen LogP contribution in [0.15, 0.2) is 18.2 Å². The minimum absolute atomic E-state index is 0.189. The number of nitrogens with two attached hydrogens (primary N) is 1. The van der Waals surface area contributed by atoms with Crippen LogP contribution < -0.4 is 10.5 Å². The monoisotopic (exact) mass is 278 g/mol. The Kier molecular flexibility index (Phi) is 3.94. The van der Waals surface area contributed by atoms with Crippen molar-refractivity contribution in [1.82, 2.24) is 4.90 Å². The number of hydrogen-bond acceptors (Lipinski definition) is 3. The largest absolute Gasteiger partial charge is 0.496 e. The molecule has 0 radical (unpaired) electrons. The average Bonchev–Trinajstić information content (AvgIpc) is 2.50. The lowest BCUT2D eigenvalue weighted by Crippen LogP contribution is -2.50. The van der Waals surface area contributed by atoms with Crippen LogP contribution in [0.5, 0.6) is 5.75 Å². The summed E-state index contributed by atoms with van der Waals surface area (Å²) in [6.45, 7) is 4.05. The van der Waals surface area contributed by atoms with Crippen LogP contribution in [0.3, 0.4) is 0 Å². The molecule has 3 nitrogen and oxygen atoms in total. The number of fused-ring (bicyclic) bond motifs is 3. The summed E-state index contributed by atoms with van der Waals surface area (Å²) >= 11 is 0. The Morgan fingerprint density at radius 1 is 1.40 bits per heavy atom. The molecule has 0 aliphatic carbocycles. The van der Waals surface area contributed by atoms with E-state index < -0.39 is 0 Å². The van der Waals surface area contributed by atoms with E-state index in [1.165, 1.54) is 32.0 Å². The second-order valence-electron chi connectivity index (χ2n) is 6.03. The quantitative estimate of drug-likeness (QED) is 0.918. The molecule has 3 heterocycles. The van der Waals surface area contributed by atoms with Crippen LogP contribution in [-0.2, 0) is 0 Å². The average molecular weight is 278 g/mol. The van der Waals surface area contributed by atoms with Gasteiger partial charge in [0.05, 0.1) is 7.11 Å². The van der Waals surface area contributed by atoms with Crippen LogP contribution in [0.4, 0.5) is 4.39 Å². The summed E-state index contributed by atoms with van der Waals surface area (Å²) in [7, 11) is 1.64. The Labute approximate surface area is 119 Å². The van der Waals surface area contributed by atoms with Gasteiger partial charge in [-0.05, 0) is 62.5 Å². The summed E-state index contributed by atoms with van der Waals surface area (Å²) < 4.78 is 19.0. The van der Waals surface area contributed by atoms with Gasteiger partial charge in [0.2, 0.25) is 0 Å². The van der Waals surface area contributed by atoms with Gasteiger partial charge in [-0.15, -0.1) is 0 Å². The summed E-state index contributed by atoms with van der Waals surface area (Å²) in [5, 5.41) is 0. The van der Waals surface area contributed by atoms with Gasteiger partial charge in [-0.1, -0.05) is 0 Å². The van der Waals surface area contributed by atoms with Crippen molar-refractivity contribution in [2.75, 3.05) is 33.3 Å². The fourth-order valence-corrected chi connectivity index (χ4v) is 3.99. The molecule has 3 fully saturated rings. The first-order chi connectivity index (χ1) is 9.72. The van der Waals surface area contributed by atoms with Gasteiger partial charge < -0.3 is 15.4 Å². The summed E-state index contributed by atoms with van der Waals surface area (Å²) in [6, 6.07) is 4.77. The zero-order valence-corrected chi connectivity index (χ0v) is 12.0. The summed E-state index contributed by atoms with van der Waals surface area (Å²) in [6.07, 6.45) is 2.50. The summed E-state index contributed by atoms with van der Waals surface area (Å²) in [5.74, 6) is 1.99. The van der Waals surface area contributed by atoms with Gasteiger partial charge in [-0.25, -0.2) is 4.39 Å². The smallest absolute Gasteiger partial charge is 0.123 e. The van der Waals surface area contributed by atoms with Crippen molar-refractivity contribution in [1.29, 1.82) is 0 Å². The predicted molar refractivity (Wildman–Crippen MR) is 77.4 cm³/mol. The molecule has 2 atom stereocenters. The molecule has 4 heteroatoms. The Balaban J connectivity index is 1.91. The van der Waals surface area contributed by atoms with Crippen molar-refractivity contribution in [3.63, 3.8) is 0 Å². The van der Waals surface area contributed by atoms with Crippen molar-refractivity contribution in [2.45, 2.75) is 18.8 Å². The number of benzene rings is 1. The van der Waals surface area contributed by atoms with Crippen molar-refractivity contribution in [3.8, 4) is 5.75 Å². The van der Waals surface area contributed by atoms with Crippen LogP contribution in [0.2, 0.25) is 0 Å². The SMILES string of the molecule is COc1ccc(F)cc1C(CN)C1CN2CCC1CC2. The summed E-state index contributed by atoms with van der Waals surface area (Å²) in [5.41, 5.74) is 6.98. The Morgan fingerprint density at radius 3 is 2.70 bits per heavy atom. The third-order valence-corrected chi connectivity index (χ3v) is 5.07. The maximum atomic E-state index is 13.6. The minimum atomic E-state index is -0.208. The molecule has 0 amide bonds. The highest BCUT2D eigenvalue weighted by molar-refractivity contribution is 5.38. The number of hydrogen-bond donors (Lipinski definition) is 1. The molecule has 1 aromatic carbocycles. The number of piperidine rings is 3. The van der Waals surface area contributed by atoms with Crippen LogP contribution >= 0.6 is 0 Å². The molecule has 3 aliphatic heterocycles. The molecule has 2 N–H and O–H groups in total. The first kappa shape index (κ1) is 13.8. The van der Waals surface area contributed by atoms with E-state index in [9.17, 15) is 4.39 Å². The fraction of sp³-hybridized carbons (Fsp3) is 0.625. The van der Waals surface area contributed by atoms with Gasteiger partial charge in [-0.2, -0.15) is 0 Å². The molecule has 2 bridgehead atoms. The number of rotatable bonds is 4. The molecule has 0 aromatic heterocycles. The standard InChI is InChI=1S/C16H23FN2O/c1-20-16-3-2-12(17)8-13(16)14(9-18)15-10-19-6-4-11(15)5-7-19/h2-3,8,11,14-15H,4-7,9-10,18H2,1H3. The molecular weight excluding hydrogens is 255 g/mol. The van der Waals surface area contributed by atoms with E-state index >= 15 is 0 Å². The van der Waals surface area contributed by atoms with E-state index in [-0.39, 0.29) is 11.7 Å². The van der Waals surface area contributed by atoms with E-state index in [1.54, 1.807) is 19.2 Å². The molecule has 2 unspecified atom stereocenters. The lowest BCUT2D eigenvalue weighted by atomic mass is 9.70. The number of nitrogens with zero attached hydrogens (tertiary/aromatic N) is 1. The molecule has 4 rings (SSSR count). The first-order valence-corrected chi connectivity index (χ1v) is 7.48. The van der Waals surface area contributed by atoms with Gasteiger partial charge in [0.15, 0.2) is 0 Å². The normalized spacial score (nSPS) is 30.2. The zero-order chi connectivity index (χ0) is 14.1. The third-order valence-electron chi connectivity index (χ3n) is 5.07. The molecule has 0 saturated carbocycles. The van der Waals surface area contributed by atoms with E-state index in [0.29, 0.717) is 12.5 Å². The first-order valence-electron chi connectivity index (χ1n) is 7.48. The Bertz CT molecular complexity index is 472. The maximum absolute atomic E-state index is 13.6. The lowest BCUT2D eigenvalue weighted by molar-refractivity contribution is 0.0374. The topological polar surface area (TPSA) is 38.5 Å². The predicted octanol–water partition coefficient (Wildman–Crippen LogP) is 2.22. The van der Waals surface area contributed by atoms with Gasteiger partial charge >= 0.3 is 0 Å². The van der Waals surface area contributed by atoms with Crippen LogP contribution in [-0.4, -0.2) is 38.2 Å². The number of methoxy groups -OCH3 is 1. The van der Waals surface area contributed by atoms with Gasteiger partial charge in [-0.3, -0.25) is 0 Å². The minimum Gasteiger partial charge on any atom is -0.496 e. The molecule has 3 aliphatic rings. The van der Waals surface area contributed by atoms with Crippen LogP contribution in [0, 0.1) is 17.7 Å². The van der Waals surface area contributed by atoms with Gasteiger partial charge in [0, 0.05) is 18.0 Å². The highest BCUT2D eigenvalue weighted by Gasteiger charge is 2.39. The third kappa shape index (κ3) is 2.42.